The van der Waals surface area contributed by atoms with E-state index in [1.165, 1.54) is 4.90 Å². The highest BCUT2D eigenvalue weighted by atomic mass is 16.4. The van der Waals surface area contributed by atoms with Gasteiger partial charge in [-0.1, -0.05) is 19.9 Å². The molecular weight excluding hydrogens is 244 g/mol. The number of carboxylic acids is 1. The van der Waals surface area contributed by atoms with Crippen molar-refractivity contribution in [3.63, 3.8) is 0 Å². The molecule has 5 nitrogen and oxygen atoms in total. The van der Waals surface area contributed by atoms with Crippen molar-refractivity contribution in [1.82, 2.24) is 9.88 Å². The Morgan fingerprint density at radius 2 is 2.16 bits per heavy atom. The summed E-state index contributed by atoms with van der Waals surface area (Å²) in [6, 6.07) is 2.84. The van der Waals surface area contributed by atoms with Crippen LogP contribution in [-0.2, 0) is 4.79 Å². The molecule has 1 aromatic rings. The van der Waals surface area contributed by atoms with Crippen molar-refractivity contribution in [3.05, 3.63) is 29.6 Å². The van der Waals surface area contributed by atoms with Crippen LogP contribution in [0.4, 0.5) is 0 Å². The number of pyridine rings is 1. The normalized spacial score (nSPS) is 18.9. The summed E-state index contributed by atoms with van der Waals surface area (Å²) in [7, 11) is 0. The second kappa shape index (κ2) is 5.38. The van der Waals surface area contributed by atoms with Gasteiger partial charge in [-0.15, -0.1) is 0 Å². The number of rotatable bonds is 3. The second-order valence-electron chi connectivity index (χ2n) is 5.13. The third-order valence-corrected chi connectivity index (χ3v) is 3.47. The molecule has 1 amide bonds. The summed E-state index contributed by atoms with van der Waals surface area (Å²) in [4.78, 5) is 28.9. The number of hydrogen-bond donors (Lipinski definition) is 1. The number of carboxylic acid groups (broad SMARTS) is 1. The van der Waals surface area contributed by atoms with Crippen molar-refractivity contribution < 1.29 is 14.7 Å². The van der Waals surface area contributed by atoms with E-state index in [0.29, 0.717) is 24.6 Å². The van der Waals surface area contributed by atoms with E-state index in [9.17, 15) is 9.59 Å². The lowest BCUT2D eigenvalue weighted by Gasteiger charge is -2.21. The number of aliphatic carboxylic acids is 1. The lowest BCUT2D eigenvalue weighted by Crippen LogP contribution is -2.40. The molecule has 1 aliphatic heterocycles. The Hall–Kier alpha value is -1.91. The first-order valence-electron chi connectivity index (χ1n) is 6.50. The molecule has 0 spiro atoms. The second-order valence-corrected chi connectivity index (χ2v) is 5.13. The van der Waals surface area contributed by atoms with Gasteiger partial charge in [0.25, 0.3) is 5.91 Å². The van der Waals surface area contributed by atoms with Crippen LogP contribution in [0.1, 0.15) is 48.7 Å². The monoisotopic (exact) mass is 262 g/mol. The topological polar surface area (TPSA) is 70.5 Å². The Balaban J connectivity index is 2.17. The highest BCUT2D eigenvalue weighted by Crippen LogP contribution is 2.20. The molecule has 2 heterocycles. The number of hydrogen-bond acceptors (Lipinski definition) is 3. The van der Waals surface area contributed by atoms with Crippen LogP contribution in [0.3, 0.4) is 0 Å². The van der Waals surface area contributed by atoms with Gasteiger partial charge in [0, 0.05) is 12.7 Å². The van der Waals surface area contributed by atoms with Gasteiger partial charge < -0.3 is 10.0 Å². The SMILES string of the molecule is CC(C)c1ccc(C(=O)N2CCC[C@@H]2C(=O)O)nc1. The van der Waals surface area contributed by atoms with Gasteiger partial charge in [-0.25, -0.2) is 4.79 Å². The highest BCUT2D eigenvalue weighted by Gasteiger charge is 2.34. The fourth-order valence-electron chi connectivity index (χ4n) is 2.29. The first-order valence-corrected chi connectivity index (χ1v) is 6.50. The van der Waals surface area contributed by atoms with Crippen LogP contribution >= 0.6 is 0 Å². The number of likely N-dealkylation sites (tertiary alicyclic amines) is 1. The number of amides is 1. The summed E-state index contributed by atoms with van der Waals surface area (Å²) in [5.41, 5.74) is 1.38. The molecule has 1 fully saturated rings. The van der Waals surface area contributed by atoms with Crippen LogP contribution in [0, 0.1) is 0 Å². The molecule has 0 saturated carbocycles. The van der Waals surface area contributed by atoms with Crippen molar-refractivity contribution in [2.75, 3.05) is 6.54 Å². The van der Waals surface area contributed by atoms with Gasteiger partial charge >= 0.3 is 5.97 Å². The fourth-order valence-corrected chi connectivity index (χ4v) is 2.29. The molecule has 0 aliphatic carbocycles. The minimum absolute atomic E-state index is 0.291. The summed E-state index contributed by atoms with van der Waals surface area (Å²) in [5, 5.41) is 9.08. The van der Waals surface area contributed by atoms with E-state index < -0.39 is 12.0 Å². The first-order chi connectivity index (χ1) is 9.00. The predicted octanol–water partition coefficient (Wildman–Crippen LogP) is 1.89. The number of carbonyl (C=O) groups excluding carboxylic acids is 1. The third-order valence-electron chi connectivity index (χ3n) is 3.47. The Labute approximate surface area is 112 Å². The molecular formula is C14H18N2O3. The smallest absolute Gasteiger partial charge is 0.326 e. The molecule has 0 unspecified atom stereocenters. The van der Waals surface area contributed by atoms with Crippen LogP contribution in [0.2, 0.25) is 0 Å². The third kappa shape index (κ3) is 2.75. The van der Waals surface area contributed by atoms with Gasteiger partial charge in [0.15, 0.2) is 0 Å². The summed E-state index contributed by atoms with van der Waals surface area (Å²) in [6.45, 7) is 4.60. The maximum absolute atomic E-state index is 12.2. The predicted molar refractivity (Wildman–Crippen MR) is 70.0 cm³/mol. The maximum atomic E-state index is 12.2. The van der Waals surface area contributed by atoms with E-state index in [4.69, 9.17) is 5.11 Å². The molecule has 0 aromatic carbocycles. The standard InChI is InChI=1S/C14H18N2O3/c1-9(2)10-5-6-11(15-8-10)13(17)16-7-3-4-12(16)14(18)19/h5-6,8-9,12H,3-4,7H2,1-2H3,(H,18,19)/t12-/m1/s1. The summed E-state index contributed by atoms with van der Waals surface area (Å²) in [6.07, 6.45) is 2.93. The van der Waals surface area contributed by atoms with Crippen LogP contribution < -0.4 is 0 Å². The Kier molecular flexibility index (Phi) is 3.83. The Morgan fingerprint density at radius 1 is 1.42 bits per heavy atom. The molecule has 1 atom stereocenters. The maximum Gasteiger partial charge on any atom is 0.326 e. The lowest BCUT2D eigenvalue weighted by molar-refractivity contribution is -0.141. The van der Waals surface area contributed by atoms with Gasteiger partial charge in [-0.05, 0) is 30.4 Å². The molecule has 0 bridgehead atoms. The fraction of sp³-hybridized carbons (Fsp3) is 0.500. The largest absolute Gasteiger partial charge is 0.480 e. The first kappa shape index (κ1) is 13.5. The highest BCUT2D eigenvalue weighted by molar-refractivity contribution is 5.95. The Morgan fingerprint density at radius 3 is 2.68 bits per heavy atom. The van der Waals surface area contributed by atoms with E-state index in [1.807, 2.05) is 6.07 Å². The van der Waals surface area contributed by atoms with Gasteiger partial charge in [0.05, 0.1) is 0 Å². The van der Waals surface area contributed by atoms with Crippen LogP contribution in [0.25, 0.3) is 0 Å². The van der Waals surface area contributed by atoms with Gasteiger partial charge in [-0.2, -0.15) is 0 Å². The van der Waals surface area contributed by atoms with Crippen LogP contribution in [0.5, 0.6) is 0 Å². The molecule has 1 aromatic heterocycles. The molecule has 1 aliphatic rings. The van der Waals surface area contributed by atoms with Crippen molar-refractivity contribution in [3.8, 4) is 0 Å². The summed E-state index contributed by atoms with van der Waals surface area (Å²) >= 11 is 0. The molecule has 19 heavy (non-hydrogen) atoms. The molecule has 1 N–H and O–H groups in total. The number of aromatic nitrogens is 1. The molecule has 5 heteroatoms. The minimum atomic E-state index is -0.940. The van der Waals surface area contributed by atoms with Crippen LogP contribution in [0.15, 0.2) is 18.3 Å². The van der Waals surface area contributed by atoms with Gasteiger partial charge in [0.2, 0.25) is 0 Å². The van der Waals surface area contributed by atoms with Gasteiger partial charge in [-0.3, -0.25) is 9.78 Å². The van der Waals surface area contributed by atoms with Crippen molar-refractivity contribution >= 4 is 11.9 Å². The number of carbonyl (C=O) groups is 2. The summed E-state index contributed by atoms with van der Waals surface area (Å²) < 4.78 is 0. The lowest BCUT2D eigenvalue weighted by atomic mass is 10.1. The zero-order valence-electron chi connectivity index (χ0n) is 11.2. The average molecular weight is 262 g/mol. The van der Waals surface area contributed by atoms with Crippen molar-refractivity contribution in [1.29, 1.82) is 0 Å². The van der Waals surface area contributed by atoms with E-state index in [1.54, 1.807) is 12.3 Å². The quantitative estimate of drug-likeness (QED) is 0.903. The van der Waals surface area contributed by atoms with E-state index in [2.05, 4.69) is 18.8 Å². The van der Waals surface area contributed by atoms with Crippen LogP contribution in [-0.4, -0.2) is 39.5 Å². The average Bonchev–Trinajstić information content (AvgIpc) is 2.87. The van der Waals surface area contributed by atoms with Crippen molar-refractivity contribution in [2.24, 2.45) is 0 Å². The summed E-state index contributed by atoms with van der Waals surface area (Å²) in [5.74, 6) is -0.875. The zero-order chi connectivity index (χ0) is 14.0. The Bertz CT molecular complexity index is 482. The minimum Gasteiger partial charge on any atom is -0.480 e. The molecule has 0 radical (unpaired) electrons. The number of nitrogens with zero attached hydrogens (tertiary/aromatic N) is 2. The molecule has 102 valence electrons. The molecule has 1 saturated heterocycles. The van der Waals surface area contributed by atoms with Gasteiger partial charge in [0.1, 0.15) is 11.7 Å². The zero-order valence-corrected chi connectivity index (χ0v) is 11.2. The van der Waals surface area contributed by atoms with Crippen molar-refractivity contribution in [2.45, 2.75) is 38.6 Å². The van der Waals surface area contributed by atoms with E-state index in [-0.39, 0.29) is 5.91 Å². The van der Waals surface area contributed by atoms with E-state index >= 15 is 0 Å². The molecule has 2 rings (SSSR count). The van der Waals surface area contributed by atoms with E-state index in [0.717, 1.165) is 12.0 Å².